The van der Waals surface area contributed by atoms with E-state index in [4.69, 9.17) is 9.72 Å². The van der Waals surface area contributed by atoms with Crippen LogP contribution in [-0.2, 0) is 26.5 Å². The predicted octanol–water partition coefficient (Wildman–Crippen LogP) is 12.9. The summed E-state index contributed by atoms with van der Waals surface area (Å²) in [6.45, 7) is 13.4. The first-order chi connectivity index (χ1) is 25.2. The number of ether oxygens (including phenoxy) is 1. The fourth-order valence-electron chi connectivity index (χ4n) is 7.50. The van der Waals surface area contributed by atoms with Crippen LogP contribution in [-0.4, -0.2) is 15.6 Å². The number of nitrogens with zero attached hydrogens (tertiary/aromatic N) is 4. The molecule has 266 valence electrons. The molecule has 0 unspecified atom stereocenters. The molecule has 5 aromatic carbocycles. The molecule has 1 aliphatic rings. The van der Waals surface area contributed by atoms with Crippen LogP contribution in [0.25, 0.3) is 57.9 Å². The maximum atomic E-state index is 6.62. The van der Waals surface area contributed by atoms with Crippen molar-refractivity contribution in [2.45, 2.75) is 46.1 Å². The third-order valence-corrected chi connectivity index (χ3v) is 12.3. The van der Waals surface area contributed by atoms with E-state index in [1.807, 2.05) is 35.7 Å². The zero-order valence-electron chi connectivity index (χ0n) is 29.9. The molecule has 9 aromatic rings. The predicted molar refractivity (Wildman–Crippen MR) is 220 cm³/mol. The Hall–Kier alpha value is -4.68. The van der Waals surface area contributed by atoms with Gasteiger partial charge in [0, 0.05) is 74.7 Å². The van der Waals surface area contributed by atoms with Gasteiger partial charge in [0.05, 0.1) is 10.5 Å². The smallest absolute Gasteiger partial charge is 0.135 e. The first-order valence-corrected chi connectivity index (χ1v) is 19.3. The largest absolute Gasteiger partial charge is 0.509 e. The fourth-order valence-corrected chi connectivity index (χ4v) is 9.79. The van der Waals surface area contributed by atoms with Gasteiger partial charge in [0.15, 0.2) is 0 Å². The molecule has 8 heteroatoms. The number of aromatic nitrogens is 2. The van der Waals surface area contributed by atoms with Crippen LogP contribution >= 0.6 is 22.7 Å². The van der Waals surface area contributed by atoms with Crippen molar-refractivity contribution in [3.63, 3.8) is 0 Å². The Balaban J connectivity index is 0.00000372. The maximum Gasteiger partial charge on any atom is 0.135 e. The number of fused-ring (bicyclic) bond motifs is 10. The maximum absolute atomic E-state index is 6.62. The van der Waals surface area contributed by atoms with Crippen LogP contribution in [0.3, 0.4) is 0 Å². The Kier molecular flexibility index (Phi) is 8.19. The fraction of sp³-hybridized carbons (Fsp3) is 0.156. The number of hydrogen-bond acceptors (Lipinski definition) is 6. The molecule has 0 N–H and O–H groups in total. The van der Waals surface area contributed by atoms with E-state index in [1.165, 1.54) is 51.9 Å². The molecule has 5 heterocycles. The van der Waals surface area contributed by atoms with Gasteiger partial charge in [0.25, 0.3) is 0 Å². The van der Waals surface area contributed by atoms with Crippen molar-refractivity contribution in [2.75, 3.05) is 9.80 Å². The van der Waals surface area contributed by atoms with Crippen LogP contribution in [0.15, 0.2) is 109 Å². The summed E-state index contributed by atoms with van der Waals surface area (Å²) in [5, 5.41) is 7.24. The van der Waals surface area contributed by atoms with Crippen molar-refractivity contribution in [1.82, 2.24) is 9.55 Å². The second-order valence-electron chi connectivity index (χ2n) is 14.7. The molecule has 0 spiro atoms. The SMILES string of the molecule is CC(C)N1[CH-]N(c2[c-]c(Oc3[c-]c4c(cc3)c3ccc5sc6ccccc6c5c3n4-c3cc(C(C)(C)C)ccn3)ccc2)c2sc3ccccc3c21.[Pt]. The molecule has 0 saturated heterocycles. The van der Waals surface area contributed by atoms with E-state index >= 15 is 0 Å². The van der Waals surface area contributed by atoms with Gasteiger partial charge < -0.3 is 19.1 Å². The quantitative estimate of drug-likeness (QED) is 0.161. The molecule has 0 atom stereocenters. The van der Waals surface area contributed by atoms with Crippen LogP contribution < -0.4 is 14.5 Å². The van der Waals surface area contributed by atoms with Gasteiger partial charge in [-0.1, -0.05) is 68.8 Å². The molecule has 0 aliphatic carbocycles. The second kappa shape index (κ2) is 12.7. The molecule has 0 fully saturated rings. The van der Waals surface area contributed by atoms with Gasteiger partial charge in [0.2, 0.25) is 0 Å². The standard InChI is InChI=1S/C45H35N4OS2.Pt/c1-27(2)47-26-48(44-43(47)35-14-7-9-16-38(35)52-44)29-11-10-12-30(24-29)50-31-17-18-32-33-19-20-39-41(34-13-6-8-15-37(34)51-39)42(33)49(36(32)25-31)40-23-28(21-22-46-40)45(3,4)5;/h6-23,26-27H,1-5H3;/q-3;. The van der Waals surface area contributed by atoms with Crippen LogP contribution in [0.1, 0.15) is 40.2 Å². The number of rotatable bonds is 5. The minimum absolute atomic E-state index is 0. The molecule has 10 rings (SSSR count). The normalized spacial score (nSPS) is 13.2. The molecule has 0 amide bonds. The van der Waals surface area contributed by atoms with Gasteiger partial charge in [-0.05, 0) is 66.6 Å². The number of anilines is 3. The van der Waals surface area contributed by atoms with Gasteiger partial charge in [-0.3, -0.25) is 0 Å². The van der Waals surface area contributed by atoms with Crippen molar-refractivity contribution in [2.24, 2.45) is 0 Å². The summed E-state index contributed by atoms with van der Waals surface area (Å²) in [7, 11) is 0. The summed E-state index contributed by atoms with van der Waals surface area (Å²) in [5.41, 5.74) is 5.45. The Labute approximate surface area is 331 Å². The minimum atomic E-state index is -0.0325. The molecular formula is C45H35N4OPtS2-3. The van der Waals surface area contributed by atoms with Gasteiger partial charge in [-0.25, -0.2) is 4.98 Å². The first kappa shape index (κ1) is 34.1. The number of thiophene rings is 2. The summed E-state index contributed by atoms with van der Waals surface area (Å²) < 4.78 is 12.7. The third kappa shape index (κ3) is 5.47. The molecular weight excluding hydrogens is 872 g/mol. The van der Waals surface area contributed by atoms with Crippen LogP contribution in [0.5, 0.6) is 11.5 Å². The Morgan fingerprint density at radius 1 is 0.736 bits per heavy atom. The monoisotopic (exact) mass is 906 g/mol. The van der Waals surface area contributed by atoms with Crippen molar-refractivity contribution >= 4 is 91.1 Å². The Morgan fingerprint density at radius 2 is 1.47 bits per heavy atom. The zero-order valence-corrected chi connectivity index (χ0v) is 33.8. The molecule has 0 radical (unpaired) electrons. The summed E-state index contributed by atoms with van der Waals surface area (Å²) in [5.74, 6) is 2.13. The van der Waals surface area contributed by atoms with E-state index in [0.717, 1.165) is 27.9 Å². The van der Waals surface area contributed by atoms with Crippen molar-refractivity contribution < 1.29 is 25.8 Å². The number of pyridine rings is 1. The Morgan fingerprint density at radius 3 is 2.26 bits per heavy atom. The summed E-state index contributed by atoms with van der Waals surface area (Å²) >= 11 is 3.64. The van der Waals surface area contributed by atoms with Gasteiger partial charge in [-0.15, -0.1) is 64.1 Å². The zero-order chi connectivity index (χ0) is 35.3. The van der Waals surface area contributed by atoms with E-state index in [1.54, 1.807) is 11.3 Å². The molecule has 53 heavy (non-hydrogen) atoms. The van der Waals surface area contributed by atoms with Crippen LogP contribution in [0, 0.1) is 18.8 Å². The van der Waals surface area contributed by atoms with Crippen molar-refractivity contribution in [3.05, 3.63) is 134 Å². The van der Waals surface area contributed by atoms with E-state index in [0.29, 0.717) is 17.5 Å². The third-order valence-electron chi connectivity index (χ3n) is 10.0. The van der Waals surface area contributed by atoms with E-state index < -0.39 is 0 Å². The molecule has 4 aromatic heterocycles. The first-order valence-electron chi connectivity index (χ1n) is 17.6. The summed E-state index contributed by atoms with van der Waals surface area (Å²) in [6.07, 6.45) is 1.93. The van der Waals surface area contributed by atoms with Crippen molar-refractivity contribution in [1.29, 1.82) is 0 Å². The topological polar surface area (TPSA) is 33.5 Å². The molecule has 1 aliphatic heterocycles. The van der Waals surface area contributed by atoms with Crippen LogP contribution in [0.4, 0.5) is 16.4 Å². The Bertz CT molecular complexity index is 2860. The van der Waals surface area contributed by atoms with E-state index in [9.17, 15) is 0 Å². The van der Waals surface area contributed by atoms with E-state index in [2.05, 4.69) is 153 Å². The summed E-state index contributed by atoms with van der Waals surface area (Å²) in [4.78, 5) is 9.57. The average molecular weight is 907 g/mol. The van der Waals surface area contributed by atoms with Crippen LogP contribution in [0.2, 0.25) is 0 Å². The molecule has 0 bridgehead atoms. The van der Waals surface area contributed by atoms with Crippen molar-refractivity contribution in [3.8, 4) is 17.3 Å². The second-order valence-corrected chi connectivity index (χ2v) is 16.9. The van der Waals surface area contributed by atoms with Gasteiger partial charge in [0.1, 0.15) is 5.82 Å². The molecule has 5 nitrogen and oxygen atoms in total. The molecule has 0 saturated carbocycles. The number of hydrogen-bond donors (Lipinski definition) is 0. The van der Waals surface area contributed by atoms with Gasteiger partial charge in [-0.2, -0.15) is 18.8 Å². The number of benzene rings is 5. The van der Waals surface area contributed by atoms with E-state index in [-0.39, 0.29) is 26.5 Å². The minimum Gasteiger partial charge on any atom is -0.509 e. The average Bonchev–Trinajstić information content (AvgIpc) is 3.89. The summed E-state index contributed by atoms with van der Waals surface area (Å²) in [6, 6.07) is 44.0. The van der Waals surface area contributed by atoms with Gasteiger partial charge >= 0.3 is 0 Å².